The van der Waals surface area contributed by atoms with E-state index in [1.165, 1.54) is 65.9 Å². The molecule has 3 aliphatic heterocycles. The highest BCUT2D eigenvalue weighted by atomic mass is 32.1. The molecule has 1 N–H and O–H groups in total. The second kappa shape index (κ2) is 6.01. The van der Waals surface area contributed by atoms with E-state index < -0.39 is 0 Å². The Morgan fingerprint density at radius 3 is 2.85 bits per heavy atom. The second-order valence-corrected chi connectivity index (χ2v) is 9.83. The standard InChI is InChI=1S/C20H22N4S2/c1-3-13-15(4-1)26-20-17(13)19(22-18(23-20)16-5-2-10-25-16)21-14-11-24-8-6-12(14)7-9-24/h2,5,10,12,14H,1,3-4,6-9,11H2,(H,21,22,23)/t14-/m0/s1. The van der Waals surface area contributed by atoms with Gasteiger partial charge in [0, 0.05) is 17.5 Å². The van der Waals surface area contributed by atoms with Gasteiger partial charge in [0.1, 0.15) is 10.6 Å². The van der Waals surface area contributed by atoms with Gasteiger partial charge in [-0.15, -0.1) is 22.7 Å². The van der Waals surface area contributed by atoms with Crippen molar-refractivity contribution in [1.82, 2.24) is 14.9 Å². The van der Waals surface area contributed by atoms with Gasteiger partial charge in [-0.25, -0.2) is 9.97 Å². The van der Waals surface area contributed by atoms with Crippen molar-refractivity contribution < 1.29 is 0 Å². The fourth-order valence-electron chi connectivity index (χ4n) is 4.92. The number of aromatic nitrogens is 2. The summed E-state index contributed by atoms with van der Waals surface area (Å²) in [4.78, 5) is 16.5. The molecule has 0 aromatic carbocycles. The molecule has 3 saturated heterocycles. The van der Waals surface area contributed by atoms with E-state index in [4.69, 9.17) is 9.97 Å². The van der Waals surface area contributed by atoms with E-state index >= 15 is 0 Å². The lowest BCUT2D eigenvalue weighted by Gasteiger charge is -2.45. The van der Waals surface area contributed by atoms with Crippen LogP contribution in [0.15, 0.2) is 17.5 Å². The van der Waals surface area contributed by atoms with Gasteiger partial charge in [-0.3, -0.25) is 0 Å². The van der Waals surface area contributed by atoms with E-state index in [0.717, 1.165) is 29.0 Å². The molecule has 26 heavy (non-hydrogen) atoms. The third kappa shape index (κ3) is 2.42. The van der Waals surface area contributed by atoms with Gasteiger partial charge >= 0.3 is 0 Å². The number of aryl methyl sites for hydroxylation is 2. The molecule has 7 rings (SSSR count). The van der Waals surface area contributed by atoms with Crippen LogP contribution in [-0.4, -0.2) is 40.5 Å². The summed E-state index contributed by atoms with van der Waals surface area (Å²) in [6.07, 6.45) is 6.33. The zero-order valence-corrected chi connectivity index (χ0v) is 16.3. The van der Waals surface area contributed by atoms with E-state index in [-0.39, 0.29) is 0 Å². The quantitative estimate of drug-likeness (QED) is 0.728. The van der Waals surface area contributed by atoms with E-state index in [9.17, 15) is 0 Å². The third-order valence-electron chi connectivity index (χ3n) is 6.28. The number of nitrogens with one attached hydrogen (secondary N) is 1. The Kier molecular flexibility index (Phi) is 3.59. The van der Waals surface area contributed by atoms with Crippen molar-refractivity contribution >= 4 is 38.7 Å². The van der Waals surface area contributed by atoms with Crippen molar-refractivity contribution in [1.29, 1.82) is 0 Å². The molecule has 1 aliphatic carbocycles. The van der Waals surface area contributed by atoms with Crippen LogP contribution in [0, 0.1) is 5.92 Å². The summed E-state index contributed by atoms with van der Waals surface area (Å²) >= 11 is 3.62. The van der Waals surface area contributed by atoms with Crippen molar-refractivity contribution in [2.45, 2.75) is 38.1 Å². The first-order valence-electron chi connectivity index (χ1n) is 9.70. The lowest BCUT2D eigenvalue weighted by atomic mass is 9.84. The minimum absolute atomic E-state index is 0.531. The third-order valence-corrected chi connectivity index (χ3v) is 8.34. The molecular weight excluding hydrogens is 360 g/mol. The van der Waals surface area contributed by atoms with Gasteiger partial charge in [-0.1, -0.05) is 6.07 Å². The van der Waals surface area contributed by atoms with Crippen molar-refractivity contribution in [2.24, 2.45) is 5.92 Å². The molecule has 0 amide bonds. The zero-order chi connectivity index (χ0) is 17.1. The van der Waals surface area contributed by atoms with Gasteiger partial charge in [0.2, 0.25) is 0 Å². The minimum Gasteiger partial charge on any atom is -0.365 e. The molecule has 3 fully saturated rings. The van der Waals surface area contributed by atoms with Crippen LogP contribution < -0.4 is 5.32 Å². The lowest BCUT2D eigenvalue weighted by Crippen LogP contribution is -2.53. The molecule has 0 radical (unpaired) electrons. The number of hydrogen-bond acceptors (Lipinski definition) is 6. The predicted molar refractivity (Wildman–Crippen MR) is 109 cm³/mol. The van der Waals surface area contributed by atoms with Crippen LogP contribution in [-0.2, 0) is 12.8 Å². The number of piperidine rings is 3. The van der Waals surface area contributed by atoms with Crippen molar-refractivity contribution in [2.75, 3.05) is 25.0 Å². The Balaban J connectivity index is 1.47. The van der Waals surface area contributed by atoms with E-state index in [1.54, 1.807) is 11.3 Å². The normalized spacial score (nSPS) is 27.2. The molecule has 0 saturated carbocycles. The average Bonchev–Trinajstić information content (AvgIpc) is 3.39. The molecular formula is C20H22N4S2. The first-order valence-corrected chi connectivity index (χ1v) is 11.4. The highest BCUT2D eigenvalue weighted by Crippen LogP contribution is 2.41. The number of rotatable bonds is 3. The maximum absolute atomic E-state index is 5.05. The Morgan fingerprint density at radius 2 is 2.08 bits per heavy atom. The van der Waals surface area contributed by atoms with Crippen molar-refractivity contribution in [3.8, 4) is 10.7 Å². The van der Waals surface area contributed by atoms with Crippen molar-refractivity contribution in [3.63, 3.8) is 0 Å². The summed E-state index contributed by atoms with van der Waals surface area (Å²) in [5, 5.41) is 7.32. The largest absolute Gasteiger partial charge is 0.365 e. The molecule has 6 heterocycles. The zero-order valence-electron chi connectivity index (χ0n) is 14.7. The van der Waals surface area contributed by atoms with Gasteiger partial charge in [0.25, 0.3) is 0 Å². The Labute approximate surface area is 161 Å². The molecule has 1 atom stereocenters. The highest BCUT2D eigenvalue weighted by molar-refractivity contribution is 7.19. The molecule has 6 heteroatoms. The summed E-state index contributed by atoms with van der Waals surface area (Å²) in [6, 6.07) is 4.75. The van der Waals surface area contributed by atoms with Crippen LogP contribution >= 0.6 is 22.7 Å². The number of anilines is 1. The molecule has 3 aromatic rings. The fraction of sp³-hybridized carbons (Fsp3) is 0.500. The van der Waals surface area contributed by atoms with Gasteiger partial charge in [0.05, 0.1) is 10.3 Å². The molecule has 4 aliphatic rings. The highest BCUT2D eigenvalue weighted by Gasteiger charge is 2.35. The van der Waals surface area contributed by atoms with Gasteiger partial charge in [-0.2, -0.15) is 0 Å². The monoisotopic (exact) mass is 382 g/mol. The van der Waals surface area contributed by atoms with E-state index in [2.05, 4.69) is 27.7 Å². The maximum atomic E-state index is 5.05. The van der Waals surface area contributed by atoms with Gasteiger partial charge < -0.3 is 10.2 Å². The van der Waals surface area contributed by atoms with Crippen LogP contribution in [0.4, 0.5) is 5.82 Å². The van der Waals surface area contributed by atoms with Crippen LogP contribution in [0.2, 0.25) is 0 Å². The predicted octanol–water partition coefficient (Wildman–Crippen LogP) is 4.41. The summed E-state index contributed by atoms with van der Waals surface area (Å²) in [7, 11) is 0. The minimum atomic E-state index is 0.531. The molecule has 4 nitrogen and oxygen atoms in total. The summed E-state index contributed by atoms with van der Waals surface area (Å²) in [5.74, 6) is 2.77. The van der Waals surface area contributed by atoms with Crippen molar-refractivity contribution in [3.05, 3.63) is 28.0 Å². The smallest absolute Gasteiger partial charge is 0.173 e. The Bertz CT molecular complexity index is 954. The number of fused-ring (bicyclic) bond motifs is 6. The fourth-order valence-corrected chi connectivity index (χ4v) is 6.84. The van der Waals surface area contributed by atoms with Gasteiger partial charge in [-0.05, 0) is 68.1 Å². The summed E-state index contributed by atoms with van der Waals surface area (Å²) in [6.45, 7) is 3.71. The summed E-state index contributed by atoms with van der Waals surface area (Å²) < 4.78 is 0. The molecule has 3 aromatic heterocycles. The lowest BCUT2D eigenvalue weighted by molar-refractivity contribution is 0.0974. The first-order chi connectivity index (χ1) is 12.8. The molecule has 2 bridgehead atoms. The topological polar surface area (TPSA) is 41.1 Å². The SMILES string of the molecule is c1csc(-c2nc(N[C@H]3CN4CCC3CC4)c3c4c(sc3n2)CCC4)c1. The number of thiophene rings is 2. The van der Waals surface area contributed by atoms with Crippen LogP contribution in [0.25, 0.3) is 20.9 Å². The van der Waals surface area contributed by atoms with Crippen LogP contribution in [0.1, 0.15) is 29.7 Å². The second-order valence-electron chi connectivity index (χ2n) is 7.80. The van der Waals surface area contributed by atoms with Gasteiger partial charge in [0.15, 0.2) is 5.82 Å². The molecule has 0 unspecified atom stereocenters. The van der Waals surface area contributed by atoms with Crippen LogP contribution in [0.5, 0.6) is 0 Å². The molecule has 134 valence electrons. The number of hydrogen-bond donors (Lipinski definition) is 1. The first kappa shape index (κ1) is 15.5. The maximum Gasteiger partial charge on any atom is 0.173 e. The van der Waals surface area contributed by atoms with E-state index in [0.29, 0.717) is 6.04 Å². The average molecular weight is 383 g/mol. The molecule has 0 spiro atoms. The van der Waals surface area contributed by atoms with E-state index in [1.807, 2.05) is 11.3 Å². The Morgan fingerprint density at radius 1 is 1.15 bits per heavy atom. The number of nitrogens with zero attached hydrogens (tertiary/aromatic N) is 3. The van der Waals surface area contributed by atoms with Crippen LogP contribution in [0.3, 0.4) is 0 Å². The summed E-state index contributed by atoms with van der Waals surface area (Å²) in [5.41, 5.74) is 1.52. The Hall–Kier alpha value is -1.50.